The predicted octanol–water partition coefficient (Wildman–Crippen LogP) is 3.25. The SMILES string of the molecule is CC1CCN(C(=O)C(c2ccc(F)cc2)n2cnc(NC(=O)C(COCc3ccccc3)NC(=O)C(C)(C)N)c2)CC1. The molecule has 1 aliphatic rings. The van der Waals surface area contributed by atoms with Gasteiger partial charge in [0.2, 0.25) is 11.8 Å². The average molecular weight is 579 g/mol. The van der Waals surface area contributed by atoms with Crippen LogP contribution in [0, 0.1) is 11.7 Å². The van der Waals surface area contributed by atoms with Crippen molar-refractivity contribution in [1.29, 1.82) is 0 Å². The quantitative estimate of drug-likeness (QED) is 0.320. The molecular weight excluding hydrogens is 539 g/mol. The molecule has 4 rings (SSSR count). The number of halogens is 1. The zero-order valence-corrected chi connectivity index (χ0v) is 24.3. The molecule has 2 atom stereocenters. The molecule has 2 unspecified atom stereocenters. The van der Waals surface area contributed by atoms with Gasteiger partial charge in [-0.15, -0.1) is 0 Å². The van der Waals surface area contributed by atoms with Crippen LogP contribution in [0.25, 0.3) is 0 Å². The van der Waals surface area contributed by atoms with Gasteiger partial charge in [-0.3, -0.25) is 14.4 Å². The van der Waals surface area contributed by atoms with Crippen molar-refractivity contribution in [2.75, 3.05) is 25.0 Å². The van der Waals surface area contributed by atoms with Crippen molar-refractivity contribution in [1.82, 2.24) is 19.8 Å². The molecule has 1 fully saturated rings. The van der Waals surface area contributed by atoms with Crippen molar-refractivity contribution >= 4 is 23.5 Å². The van der Waals surface area contributed by atoms with Crippen LogP contribution in [0.5, 0.6) is 0 Å². The third kappa shape index (κ3) is 8.23. The minimum Gasteiger partial charge on any atom is -0.374 e. The van der Waals surface area contributed by atoms with E-state index in [1.54, 1.807) is 36.7 Å². The fourth-order valence-corrected chi connectivity index (χ4v) is 4.64. The molecule has 0 bridgehead atoms. The number of hydrogen-bond acceptors (Lipinski definition) is 6. The Labute approximate surface area is 245 Å². The molecular formula is C31H39FN6O4. The lowest BCUT2D eigenvalue weighted by Crippen LogP contribution is -2.56. The van der Waals surface area contributed by atoms with Crippen molar-refractivity contribution in [3.05, 3.63) is 84.1 Å². The summed E-state index contributed by atoms with van der Waals surface area (Å²) in [5.74, 6) is -0.883. The predicted molar refractivity (Wildman–Crippen MR) is 157 cm³/mol. The Bertz CT molecular complexity index is 1350. The van der Waals surface area contributed by atoms with Gasteiger partial charge >= 0.3 is 0 Å². The molecule has 1 saturated heterocycles. The normalized spacial score (nSPS) is 15.6. The summed E-state index contributed by atoms with van der Waals surface area (Å²) in [6.07, 6.45) is 4.82. The zero-order valence-electron chi connectivity index (χ0n) is 24.3. The van der Waals surface area contributed by atoms with Gasteiger partial charge in [-0.05, 0) is 55.9 Å². The van der Waals surface area contributed by atoms with Crippen LogP contribution in [-0.4, -0.2) is 63.4 Å². The van der Waals surface area contributed by atoms with E-state index < -0.39 is 35.3 Å². The molecule has 2 heterocycles. The van der Waals surface area contributed by atoms with Gasteiger partial charge < -0.3 is 30.6 Å². The molecule has 1 aromatic heterocycles. The minimum atomic E-state index is -1.21. The largest absolute Gasteiger partial charge is 0.374 e. The number of nitrogens with zero attached hydrogens (tertiary/aromatic N) is 3. The second-order valence-electron chi connectivity index (χ2n) is 11.4. The summed E-state index contributed by atoms with van der Waals surface area (Å²) in [7, 11) is 0. The van der Waals surface area contributed by atoms with E-state index in [1.807, 2.05) is 35.2 Å². The molecule has 2 aromatic carbocycles. The Balaban J connectivity index is 1.51. The van der Waals surface area contributed by atoms with E-state index in [2.05, 4.69) is 22.5 Å². The summed E-state index contributed by atoms with van der Waals surface area (Å²) in [6, 6.07) is 13.4. The van der Waals surface area contributed by atoms with E-state index >= 15 is 0 Å². The lowest BCUT2D eigenvalue weighted by Gasteiger charge is -2.33. The highest BCUT2D eigenvalue weighted by Gasteiger charge is 2.31. The number of piperidine rings is 1. The van der Waals surface area contributed by atoms with Crippen LogP contribution >= 0.6 is 0 Å². The Morgan fingerprint density at radius 1 is 1.10 bits per heavy atom. The molecule has 42 heavy (non-hydrogen) atoms. The van der Waals surface area contributed by atoms with Gasteiger partial charge in [-0.1, -0.05) is 49.4 Å². The van der Waals surface area contributed by atoms with Crippen LogP contribution in [0.4, 0.5) is 10.2 Å². The van der Waals surface area contributed by atoms with Crippen molar-refractivity contribution in [2.24, 2.45) is 11.7 Å². The maximum Gasteiger partial charge on any atom is 0.250 e. The second kappa shape index (κ2) is 13.7. The highest BCUT2D eigenvalue weighted by Crippen LogP contribution is 2.26. The first-order chi connectivity index (χ1) is 20.0. The Hall–Kier alpha value is -4.09. The number of likely N-dealkylation sites (tertiary alicyclic amines) is 1. The second-order valence-corrected chi connectivity index (χ2v) is 11.4. The summed E-state index contributed by atoms with van der Waals surface area (Å²) in [5, 5.41) is 5.37. The summed E-state index contributed by atoms with van der Waals surface area (Å²) >= 11 is 0. The lowest BCUT2D eigenvalue weighted by atomic mass is 9.97. The topological polar surface area (TPSA) is 132 Å². The number of carbonyl (C=O) groups excluding carboxylic acids is 3. The molecule has 3 aromatic rings. The molecule has 0 radical (unpaired) electrons. The average Bonchev–Trinajstić information content (AvgIpc) is 3.41. The highest BCUT2D eigenvalue weighted by molar-refractivity contribution is 5.98. The summed E-state index contributed by atoms with van der Waals surface area (Å²) in [6.45, 7) is 6.67. The van der Waals surface area contributed by atoms with E-state index in [4.69, 9.17) is 10.5 Å². The number of amides is 3. The summed E-state index contributed by atoms with van der Waals surface area (Å²) < 4.78 is 21.1. The van der Waals surface area contributed by atoms with Crippen LogP contribution in [0.3, 0.4) is 0 Å². The summed E-state index contributed by atoms with van der Waals surface area (Å²) in [4.78, 5) is 45.8. The number of aromatic nitrogens is 2. The first-order valence-corrected chi connectivity index (χ1v) is 14.1. The van der Waals surface area contributed by atoms with Crippen LogP contribution in [0.1, 0.15) is 50.8 Å². The van der Waals surface area contributed by atoms with Crippen LogP contribution < -0.4 is 16.4 Å². The summed E-state index contributed by atoms with van der Waals surface area (Å²) in [5.41, 5.74) is 6.24. The molecule has 10 nitrogen and oxygen atoms in total. The minimum absolute atomic E-state index is 0.104. The number of anilines is 1. The number of nitrogens with one attached hydrogen (secondary N) is 2. The Morgan fingerprint density at radius 3 is 2.40 bits per heavy atom. The van der Waals surface area contributed by atoms with Gasteiger partial charge in [0.15, 0.2) is 5.82 Å². The number of imidazole rings is 1. The van der Waals surface area contributed by atoms with Gasteiger partial charge in [0.1, 0.15) is 17.9 Å². The first-order valence-electron chi connectivity index (χ1n) is 14.1. The number of benzene rings is 2. The molecule has 224 valence electrons. The van der Waals surface area contributed by atoms with E-state index in [0.717, 1.165) is 18.4 Å². The van der Waals surface area contributed by atoms with E-state index in [0.29, 0.717) is 24.6 Å². The van der Waals surface area contributed by atoms with E-state index in [9.17, 15) is 18.8 Å². The fraction of sp³-hybridized carbons (Fsp3) is 0.419. The number of ether oxygens (including phenoxy) is 1. The maximum atomic E-state index is 13.7. The van der Waals surface area contributed by atoms with Crippen LogP contribution in [0.2, 0.25) is 0 Å². The lowest BCUT2D eigenvalue weighted by molar-refractivity contribution is -0.135. The molecule has 4 N–H and O–H groups in total. The number of nitrogens with two attached hydrogens (primary N) is 1. The molecule has 0 spiro atoms. The van der Waals surface area contributed by atoms with Gasteiger partial charge in [0, 0.05) is 19.3 Å². The Kier molecular flexibility index (Phi) is 10.1. The van der Waals surface area contributed by atoms with E-state index in [1.165, 1.54) is 18.5 Å². The molecule has 0 aliphatic carbocycles. The Morgan fingerprint density at radius 2 is 1.76 bits per heavy atom. The molecule has 0 saturated carbocycles. The third-order valence-electron chi connectivity index (χ3n) is 7.27. The van der Waals surface area contributed by atoms with Crippen molar-refractivity contribution in [3.63, 3.8) is 0 Å². The van der Waals surface area contributed by atoms with Gasteiger partial charge in [-0.2, -0.15) is 0 Å². The standard InChI is InChI=1S/C31H39FN6O4/c1-21-13-15-37(16-14-21)29(40)27(23-9-11-24(32)12-10-23)38-17-26(34-20-38)36-28(39)25(35-30(41)31(2,3)33)19-42-18-22-7-5-4-6-8-22/h4-12,17,20-21,25,27H,13-16,18-19,33H2,1-3H3,(H,35,41)(H,36,39). The first kappa shape index (κ1) is 30.9. The zero-order chi connectivity index (χ0) is 30.3. The maximum absolute atomic E-state index is 13.7. The highest BCUT2D eigenvalue weighted by atomic mass is 19.1. The fourth-order valence-electron chi connectivity index (χ4n) is 4.64. The van der Waals surface area contributed by atoms with Gasteiger partial charge in [0.25, 0.3) is 5.91 Å². The third-order valence-corrected chi connectivity index (χ3v) is 7.27. The van der Waals surface area contributed by atoms with Gasteiger partial charge in [0.05, 0.1) is 25.1 Å². The van der Waals surface area contributed by atoms with Crippen molar-refractivity contribution in [2.45, 2.75) is 57.8 Å². The molecule has 3 amide bonds. The number of carbonyl (C=O) groups is 3. The molecule has 1 aliphatic heterocycles. The molecule has 11 heteroatoms. The van der Waals surface area contributed by atoms with E-state index in [-0.39, 0.29) is 24.9 Å². The number of rotatable bonds is 11. The van der Waals surface area contributed by atoms with Gasteiger partial charge in [-0.25, -0.2) is 9.37 Å². The monoisotopic (exact) mass is 578 g/mol. The van der Waals surface area contributed by atoms with Crippen LogP contribution in [0.15, 0.2) is 67.1 Å². The van der Waals surface area contributed by atoms with Crippen molar-refractivity contribution < 1.29 is 23.5 Å². The van der Waals surface area contributed by atoms with Crippen molar-refractivity contribution in [3.8, 4) is 0 Å². The number of hydrogen-bond donors (Lipinski definition) is 3. The smallest absolute Gasteiger partial charge is 0.250 e. The van der Waals surface area contributed by atoms with Crippen LogP contribution in [-0.2, 0) is 25.7 Å².